The molecule has 1 aromatic carbocycles. The molecular weight excluding hydrogens is 349 g/mol. The number of nitrogens with one attached hydrogen (secondary N) is 3. The molecule has 0 spiro atoms. The van der Waals surface area contributed by atoms with E-state index in [0.717, 1.165) is 6.07 Å². The second-order valence-electron chi connectivity index (χ2n) is 5.84. The van der Waals surface area contributed by atoms with Gasteiger partial charge in [-0.25, -0.2) is 4.39 Å². The van der Waals surface area contributed by atoms with Gasteiger partial charge in [0.15, 0.2) is 0 Å². The molecule has 6 nitrogen and oxygen atoms in total. The fourth-order valence-corrected chi connectivity index (χ4v) is 2.00. The smallest absolute Gasteiger partial charge is 0.251 e. The molecule has 25 heavy (non-hydrogen) atoms. The van der Waals surface area contributed by atoms with E-state index in [1.54, 1.807) is 7.11 Å². The van der Waals surface area contributed by atoms with Gasteiger partial charge in [0.1, 0.15) is 5.82 Å². The van der Waals surface area contributed by atoms with E-state index >= 15 is 0 Å². The normalized spacial score (nSPS) is 10.3. The van der Waals surface area contributed by atoms with Crippen LogP contribution in [0.25, 0.3) is 0 Å². The number of rotatable bonds is 10. The van der Waals surface area contributed by atoms with Gasteiger partial charge in [0.25, 0.3) is 5.91 Å². The number of benzene rings is 1. The first-order chi connectivity index (χ1) is 11.4. The molecule has 0 aliphatic rings. The van der Waals surface area contributed by atoms with Crippen LogP contribution < -0.4 is 16.0 Å². The third-order valence-corrected chi connectivity index (χ3v) is 3.17. The number of hydrogen-bond acceptors (Lipinski definition) is 4. The van der Waals surface area contributed by atoms with E-state index in [2.05, 4.69) is 16.0 Å². The zero-order valence-corrected chi connectivity index (χ0v) is 15.7. The number of anilines is 1. The van der Waals surface area contributed by atoms with E-state index in [-0.39, 0.29) is 41.4 Å². The Hall–Kier alpha value is -1.70. The number of carbonyl (C=O) groups excluding carboxylic acids is 2. The molecule has 0 aliphatic heterocycles. The van der Waals surface area contributed by atoms with E-state index in [1.165, 1.54) is 12.1 Å². The third kappa shape index (κ3) is 9.38. The van der Waals surface area contributed by atoms with Crippen molar-refractivity contribution in [3.8, 4) is 0 Å². The van der Waals surface area contributed by atoms with Crippen LogP contribution in [0.5, 0.6) is 0 Å². The summed E-state index contributed by atoms with van der Waals surface area (Å²) in [5, 5.41) is 8.29. The average molecular weight is 376 g/mol. The number of amides is 2. The van der Waals surface area contributed by atoms with E-state index < -0.39 is 5.82 Å². The Labute approximate surface area is 154 Å². The van der Waals surface area contributed by atoms with Crippen molar-refractivity contribution in [3.63, 3.8) is 0 Å². The topological polar surface area (TPSA) is 79.5 Å². The molecule has 1 aromatic rings. The number of hydrogen-bond donors (Lipinski definition) is 3. The highest BCUT2D eigenvalue weighted by atomic mass is 35.5. The second kappa shape index (κ2) is 12.6. The standard InChI is InChI=1S/C17H26FN3O3.ClH/c1-12(2)10-16(22)21-15-5-4-13(11-14(15)18)17(23)20-7-6-19-8-9-24-3;/h4-5,11-12,19H,6-10H2,1-3H3,(H,20,23)(H,21,22);1H. The molecule has 0 fully saturated rings. The Morgan fingerprint density at radius 2 is 1.92 bits per heavy atom. The minimum absolute atomic E-state index is 0. The van der Waals surface area contributed by atoms with Crippen LogP contribution in [-0.2, 0) is 9.53 Å². The fourth-order valence-electron chi connectivity index (χ4n) is 2.00. The molecule has 0 aliphatic carbocycles. The lowest BCUT2D eigenvalue weighted by Crippen LogP contribution is -2.33. The van der Waals surface area contributed by atoms with Crippen molar-refractivity contribution in [1.29, 1.82) is 0 Å². The maximum atomic E-state index is 14.0. The van der Waals surface area contributed by atoms with Gasteiger partial charge < -0.3 is 20.7 Å². The van der Waals surface area contributed by atoms with E-state index in [0.29, 0.717) is 32.7 Å². The largest absolute Gasteiger partial charge is 0.383 e. The van der Waals surface area contributed by atoms with E-state index in [1.807, 2.05) is 13.8 Å². The molecule has 0 bridgehead atoms. The molecule has 0 saturated heterocycles. The molecule has 0 radical (unpaired) electrons. The lowest BCUT2D eigenvalue weighted by Gasteiger charge is -2.10. The van der Waals surface area contributed by atoms with Gasteiger partial charge in [-0.2, -0.15) is 0 Å². The molecule has 0 atom stereocenters. The number of methoxy groups -OCH3 is 1. The monoisotopic (exact) mass is 375 g/mol. The Balaban J connectivity index is 0.00000576. The summed E-state index contributed by atoms with van der Waals surface area (Å²) in [5.74, 6) is -1.04. The maximum absolute atomic E-state index is 14.0. The molecule has 142 valence electrons. The molecule has 8 heteroatoms. The summed E-state index contributed by atoms with van der Waals surface area (Å²) in [6, 6.07) is 4.01. The SMILES string of the molecule is COCCNCCNC(=O)c1ccc(NC(=O)CC(C)C)c(F)c1.Cl. The summed E-state index contributed by atoms with van der Waals surface area (Å²) < 4.78 is 18.9. The molecule has 0 unspecified atom stereocenters. The summed E-state index contributed by atoms with van der Waals surface area (Å²) in [4.78, 5) is 23.6. The summed E-state index contributed by atoms with van der Waals surface area (Å²) in [7, 11) is 1.62. The van der Waals surface area contributed by atoms with Gasteiger partial charge in [-0.1, -0.05) is 13.8 Å². The fraction of sp³-hybridized carbons (Fsp3) is 0.529. The molecule has 0 aromatic heterocycles. The predicted molar refractivity (Wildman–Crippen MR) is 98.8 cm³/mol. The van der Waals surface area contributed by atoms with Crippen molar-refractivity contribution in [2.75, 3.05) is 38.7 Å². The minimum Gasteiger partial charge on any atom is -0.383 e. The minimum atomic E-state index is -0.627. The van der Waals surface area contributed by atoms with Crippen LogP contribution in [0.1, 0.15) is 30.6 Å². The quantitative estimate of drug-likeness (QED) is 0.548. The molecule has 0 heterocycles. The Morgan fingerprint density at radius 1 is 1.20 bits per heavy atom. The van der Waals surface area contributed by atoms with Crippen molar-refractivity contribution in [1.82, 2.24) is 10.6 Å². The first-order valence-electron chi connectivity index (χ1n) is 8.01. The van der Waals surface area contributed by atoms with Crippen molar-refractivity contribution >= 4 is 29.9 Å². The van der Waals surface area contributed by atoms with Gasteiger partial charge in [0.05, 0.1) is 12.3 Å². The van der Waals surface area contributed by atoms with E-state index in [9.17, 15) is 14.0 Å². The maximum Gasteiger partial charge on any atom is 0.251 e. The van der Waals surface area contributed by atoms with Gasteiger partial charge in [-0.15, -0.1) is 12.4 Å². The highest BCUT2D eigenvalue weighted by molar-refractivity contribution is 5.96. The summed E-state index contributed by atoms with van der Waals surface area (Å²) in [6.07, 6.45) is 0.317. The first-order valence-corrected chi connectivity index (χ1v) is 8.01. The van der Waals surface area contributed by atoms with Crippen molar-refractivity contribution < 1.29 is 18.7 Å². The van der Waals surface area contributed by atoms with Gasteiger partial charge in [0, 0.05) is 38.7 Å². The number of halogens is 2. The third-order valence-electron chi connectivity index (χ3n) is 3.17. The molecule has 0 saturated carbocycles. The predicted octanol–water partition coefficient (Wildman–Crippen LogP) is 2.20. The average Bonchev–Trinajstić information content (AvgIpc) is 2.51. The van der Waals surface area contributed by atoms with Crippen LogP contribution in [-0.4, -0.2) is 45.2 Å². The molecule has 3 N–H and O–H groups in total. The highest BCUT2D eigenvalue weighted by Crippen LogP contribution is 2.16. The van der Waals surface area contributed by atoms with Crippen LogP contribution in [0, 0.1) is 11.7 Å². The first kappa shape index (κ1) is 23.3. The van der Waals surface area contributed by atoms with Gasteiger partial charge in [0.2, 0.25) is 5.91 Å². The van der Waals surface area contributed by atoms with Crippen molar-refractivity contribution in [2.45, 2.75) is 20.3 Å². The molecule has 2 amide bonds. The summed E-state index contributed by atoms with van der Waals surface area (Å²) in [5.41, 5.74) is 0.296. The zero-order valence-electron chi connectivity index (χ0n) is 14.9. The molecule has 1 rings (SSSR count). The van der Waals surface area contributed by atoms with Crippen LogP contribution in [0.3, 0.4) is 0 Å². The van der Waals surface area contributed by atoms with Gasteiger partial charge in [-0.05, 0) is 24.1 Å². The number of carbonyl (C=O) groups is 2. The van der Waals surface area contributed by atoms with Gasteiger partial charge >= 0.3 is 0 Å². The van der Waals surface area contributed by atoms with Crippen molar-refractivity contribution in [2.24, 2.45) is 5.92 Å². The summed E-state index contributed by atoms with van der Waals surface area (Å²) in [6.45, 7) is 6.15. The van der Waals surface area contributed by atoms with Crippen LogP contribution in [0.15, 0.2) is 18.2 Å². The lowest BCUT2D eigenvalue weighted by molar-refractivity contribution is -0.116. The lowest BCUT2D eigenvalue weighted by atomic mass is 10.1. The molecular formula is C17H27ClFN3O3. The highest BCUT2D eigenvalue weighted by Gasteiger charge is 2.12. The Morgan fingerprint density at radius 3 is 2.52 bits per heavy atom. The Bertz CT molecular complexity index is 556. The van der Waals surface area contributed by atoms with Crippen molar-refractivity contribution in [3.05, 3.63) is 29.6 Å². The van der Waals surface area contributed by atoms with Crippen LogP contribution >= 0.6 is 12.4 Å². The van der Waals surface area contributed by atoms with E-state index in [4.69, 9.17) is 4.74 Å². The van der Waals surface area contributed by atoms with Crippen LogP contribution in [0.2, 0.25) is 0 Å². The summed E-state index contributed by atoms with van der Waals surface area (Å²) >= 11 is 0. The zero-order chi connectivity index (χ0) is 17.9. The second-order valence-corrected chi connectivity index (χ2v) is 5.84. The number of ether oxygens (including phenoxy) is 1. The van der Waals surface area contributed by atoms with Gasteiger partial charge in [-0.3, -0.25) is 9.59 Å². The van der Waals surface area contributed by atoms with Crippen LogP contribution in [0.4, 0.5) is 10.1 Å². The Kier molecular flexibility index (Phi) is 11.8.